The van der Waals surface area contributed by atoms with Crippen molar-refractivity contribution in [3.8, 4) is 0 Å². The zero-order valence-electron chi connectivity index (χ0n) is 15.8. The summed E-state index contributed by atoms with van der Waals surface area (Å²) in [5.41, 5.74) is 3.88. The smallest absolute Gasteiger partial charge is 0.338 e. The number of carbonyl (C=O) groups excluding carboxylic acids is 1. The SMILES string of the molecule is CCOC(=O)c1ccc(Nc2nccc(N3CCCc4ccccc43)n2)cc1. The summed E-state index contributed by atoms with van der Waals surface area (Å²) in [5.74, 6) is 1.06. The number of aryl methyl sites for hydroxylation is 1. The fourth-order valence-corrected chi connectivity index (χ4v) is 3.36. The summed E-state index contributed by atoms with van der Waals surface area (Å²) in [4.78, 5) is 23.0. The Hall–Kier alpha value is -3.41. The number of fused-ring (bicyclic) bond motifs is 1. The monoisotopic (exact) mass is 374 g/mol. The lowest BCUT2D eigenvalue weighted by atomic mass is 10.0. The van der Waals surface area contributed by atoms with E-state index in [1.165, 1.54) is 11.3 Å². The first kappa shape index (κ1) is 18.0. The second kappa shape index (κ2) is 8.08. The summed E-state index contributed by atoms with van der Waals surface area (Å²) in [6, 6.07) is 17.5. The number of hydrogen-bond donors (Lipinski definition) is 1. The third kappa shape index (κ3) is 3.81. The fourth-order valence-electron chi connectivity index (χ4n) is 3.36. The molecule has 1 aliphatic heterocycles. The molecule has 28 heavy (non-hydrogen) atoms. The molecular formula is C22H22N4O2. The number of aromatic nitrogens is 2. The topological polar surface area (TPSA) is 67.3 Å². The van der Waals surface area contributed by atoms with Gasteiger partial charge in [0.2, 0.25) is 5.95 Å². The largest absolute Gasteiger partial charge is 0.462 e. The predicted molar refractivity (Wildman–Crippen MR) is 109 cm³/mol. The number of nitrogens with zero attached hydrogens (tertiary/aromatic N) is 3. The summed E-state index contributed by atoms with van der Waals surface area (Å²) in [7, 11) is 0. The Morgan fingerprint density at radius 2 is 1.96 bits per heavy atom. The van der Waals surface area contributed by atoms with E-state index >= 15 is 0 Å². The maximum absolute atomic E-state index is 11.8. The summed E-state index contributed by atoms with van der Waals surface area (Å²) in [5, 5.41) is 3.20. The van der Waals surface area contributed by atoms with Crippen molar-refractivity contribution in [2.45, 2.75) is 19.8 Å². The van der Waals surface area contributed by atoms with Gasteiger partial charge in [-0.25, -0.2) is 9.78 Å². The van der Waals surface area contributed by atoms with Crippen LogP contribution in [0.5, 0.6) is 0 Å². The van der Waals surface area contributed by atoms with E-state index in [1.54, 1.807) is 25.3 Å². The van der Waals surface area contributed by atoms with Gasteiger partial charge in [-0.05, 0) is 61.7 Å². The minimum atomic E-state index is -0.323. The Bertz CT molecular complexity index is 972. The molecule has 0 spiro atoms. The average molecular weight is 374 g/mol. The van der Waals surface area contributed by atoms with E-state index in [4.69, 9.17) is 4.74 Å². The molecule has 0 aliphatic carbocycles. The van der Waals surface area contributed by atoms with E-state index in [1.807, 2.05) is 18.2 Å². The van der Waals surface area contributed by atoms with E-state index in [0.717, 1.165) is 30.9 Å². The van der Waals surface area contributed by atoms with Gasteiger partial charge in [-0.1, -0.05) is 18.2 Å². The van der Waals surface area contributed by atoms with Crippen LogP contribution in [0, 0.1) is 0 Å². The van der Waals surface area contributed by atoms with Crippen molar-refractivity contribution < 1.29 is 9.53 Å². The molecule has 6 heteroatoms. The van der Waals surface area contributed by atoms with Crippen LogP contribution >= 0.6 is 0 Å². The van der Waals surface area contributed by atoms with Crippen LogP contribution in [0.15, 0.2) is 60.8 Å². The Kier molecular flexibility index (Phi) is 5.19. The van der Waals surface area contributed by atoms with Gasteiger partial charge < -0.3 is 15.0 Å². The molecule has 2 heterocycles. The van der Waals surface area contributed by atoms with Gasteiger partial charge in [-0.3, -0.25) is 0 Å². The van der Waals surface area contributed by atoms with Gasteiger partial charge in [-0.15, -0.1) is 0 Å². The van der Waals surface area contributed by atoms with E-state index < -0.39 is 0 Å². The normalized spacial score (nSPS) is 13.0. The van der Waals surface area contributed by atoms with Crippen LogP contribution < -0.4 is 10.2 Å². The number of rotatable bonds is 5. The molecule has 0 saturated heterocycles. The number of benzene rings is 2. The van der Waals surface area contributed by atoms with Crippen LogP contribution in [0.4, 0.5) is 23.1 Å². The molecule has 3 aromatic rings. The number of para-hydroxylation sites is 1. The molecule has 0 amide bonds. The molecule has 0 bridgehead atoms. The second-order valence-corrected chi connectivity index (χ2v) is 6.55. The molecule has 4 rings (SSSR count). The van der Waals surface area contributed by atoms with Crippen LogP contribution in [-0.2, 0) is 11.2 Å². The van der Waals surface area contributed by atoms with Crippen molar-refractivity contribution >= 4 is 29.1 Å². The zero-order valence-corrected chi connectivity index (χ0v) is 15.8. The Morgan fingerprint density at radius 1 is 1.14 bits per heavy atom. The molecule has 1 aliphatic rings. The van der Waals surface area contributed by atoms with E-state index in [-0.39, 0.29) is 5.97 Å². The number of carbonyl (C=O) groups is 1. The molecule has 2 aromatic carbocycles. The highest BCUT2D eigenvalue weighted by Crippen LogP contribution is 2.32. The van der Waals surface area contributed by atoms with Crippen LogP contribution in [0.2, 0.25) is 0 Å². The quantitative estimate of drug-likeness (QED) is 0.664. The first-order chi connectivity index (χ1) is 13.7. The zero-order chi connectivity index (χ0) is 19.3. The summed E-state index contributed by atoms with van der Waals surface area (Å²) >= 11 is 0. The van der Waals surface area contributed by atoms with E-state index in [0.29, 0.717) is 18.1 Å². The maximum Gasteiger partial charge on any atom is 0.338 e. The van der Waals surface area contributed by atoms with Gasteiger partial charge in [0, 0.05) is 24.1 Å². The number of ether oxygens (including phenoxy) is 1. The van der Waals surface area contributed by atoms with Crippen LogP contribution in [-0.4, -0.2) is 29.1 Å². The van der Waals surface area contributed by atoms with E-state index in [9.17, 15) is 4.79 Å². The van der Waals surface area contributed by atoms with Crippen LogP contribution in [0.1, 0.15) is 29.3 Å². The lowest BCUT2D eigenvalue weighted by Gasteiger charge is -2.30. The van der Waals surface area contributed by atoms with Gasteiger partial charge in [-0.2, -0.15) is 4.98 Å². The molecule has 0 fully saturated rings. The second-order valence-electron chi connectivity index (χ2n) is 6.55. The Balaban J connectivity index is 1.53. The first-order valence-electron chi connectivity index (χ1n) is 9.47. The summed E-state index contributed by atoms with van der Waals surface area (Å²) in [6.45, 7) is 3.08. The minimum absolute atomic E-state index is 0.323. The third-order valence-corrected chi connectivity index (χ3v) is 4.68. The molecular weight excluding hydrogens is 352 g/mol. The lowest BCUT2D eigenvalue weighted by Crippen LogP contribution is -2.25. The van der Waals surface area contributed by atoms with Gasteiger partial charge in [0.05, 0.1) is 12.2 Å². The van der Waals surface area contributed by atoms with Crippen LogP contribution in [0.3, 0.4) is 0 Å². The lowest BCUT2D eigenvalue weighted by molar-refractivity contribution is 0.0526. The molecule has 142 valence electrons. The third-order valence-electron chi connectivity index (χ3n) is 4.68. The molecule has 0 saturated carbocycles. The molecule has 0 radical (unpaired) electrons. The number of nitrogens with one attached hydrogen (secondary N) is 1. The maximum atomic E-state index is 11.8. The summed E-state index contributed by atoms with van der Waals surface area (Å²) in [6.07, 6.45) is 3.95. The number of esters is 1. The van der Waals surface area contributed by atoms with Crippen molar-refractivity contribution in [1.82, 2.24) is 9.97 Å². The van der Waals surface area contributed by atoms with Gasteiger partial charge in [0.1, 0.15) is 5.82 Å². The number of anilines is 4. The molecule has 1 aromatic heterocycles. The molecule has 1 N–H and O–H groups in total. The first-order valence-corrected chi connectivity index (χ1v) is 9.47. The molecule has 0 atom stereocenters. The van der Waals surface area contributed by atoms with Gasteiger partial charge >= 0.3 is 5.97 Å². The van der Waals surface area contributed by atoms with Crippen molar-refractivity contribution in [2.75, 3.05) is 23.4 Å². The average Bonchev–Trinajstić information content (AvgIpc) is 2.74. The fraction of sp³-hybridized carbons (Fsp3) is 0.227. The predicted octanol–water partition coefficient (Wildman–Crippen LogP) is 4.48. The van der Waals surface area contributed by atoms with Crippen LogP contribution in [0.25, 0.3) is 0 Å². The van der Waals surface area contributed by atoms with Gasteiger partial charge in [0.15, 0.2) is 0 Å². The van der Waals surface area contributed by atoms with Gasteiger partial charge in [0.25, 0.3) is 0 Å². The Labute approximate surface area is 164 Å². The van der Waals surface area contributed by atoms with Crippen molar-refractivity contribution in [1.29, 1.82) is 0 Å². The standard InChI is InChI=1S/C22H22N4O2/c1-2-28-21(27)17-9-11-18(12-10-17)24-22-23-14-13-20(25-22)26-15-5-7-16-6-3-4-8-19(16)26/h3-4,6,8-14H,2,5,7,15H2,1H3,(H,23,24,25). The highest BCUT2D eigenvalue weighted by molar-refractivity contribution is 5.89. The van der Waals surface area contributed by atoms with Crippen molar-refractivity contribution in [2.24, 2.45) is 0 Å². The van der Waals surface area contributed by atoms with E-state index in [2.05, 4.69) is 44.5 Å². The van der Waals surface area contributed by atoms with Crippen molar-refractivity contribution in [3.63, 3.8) is 0 Å². The van der Waals surface area contributed by atoms with Crippen molar-refractivity contribution in [3.05, 3.63) is 71.9 Å². The number of hydrogen-bond acceptors (Lipinski definition) is 6. The highest BCUT2D eigenvalue weighted by Gasteiger charge is 2.19. The highest BCUT2D eigenvalue weighted by atomic mass is 16.5. The minimum Gasteiger partial charge on any atom is -0.462 e. The molecule has 0 unspecified atom stereocenters. The summed E-state index contributed by atoms with van der Waals surface area (Å²) < 4.78 is 5.01. The molecule has 6 nitrogen and oxygen atoms in total. The Morgan fingerprint density at radius 3 is 2.79 bits per heavy atom.